The molecular formula is C16H26N2. The summed E-state index contributed by atoms with van der Waals surface area (Å²) in [5.41, 5.74) is 1.70. The lowest BCUT2D eigenvalue weighted by Crippen LogP contribution is -2.21. The monoisotopic (exact) mass is 246 g/mol. The first kappa shape index (κ1) is 13.5. The minimum atomic E-state index is 0.490. The van der Waals surface area contributed by atoms with E-state index in [2.05, 4.69) is 36.8 Å². The topological polar surface area (TPSA) is 25.8 Å². The maximum absolute atomic E-state index is 4.34. The maximum atomic E-state index is 4.34. The lowest BCUT2D eigenvalue weighted by Gasteiger charge is -2.32. The molecule has 1 fully saturated rings. The van der Waals surface area contributed by atoms with Gasteiger partial charge in [0.05, 0.1) is 0 Å². The van der Waals surface area contributed by atoms with Gasteiger partial charge in [-0.2, -0.15) is 0 Å². The van der Waals surface area contributed by atoms with Crippen molar-refractivity contribution in [3.05, 3.63) is 24.3 Å². The van der Waals surface area contributed by atoms with Crippen molar-refractivity contribution in [3.8, 4) is 0 Å². The van der Waals surface area contributed by atoms with Crippen molar-refractivity contribution >= 4 is 0 Å². The molecular weight excluding hydrogens is 220 g/mol. The van der Waals surface area contributed by atoms with E-state index in [1.165, 1.54) is 37.8 Å². The first-order chi connectivity index (χ1) is 8.53. The van der Waals surface area contributed by atoms with Crippen molar-refractivity contribution in [2.24, 2.45) is 17.3 Å². The normalized spacial score (nSPS) is 25.1. The van der Waals surface area contributed by atoms with Crippen LogP contribution in [0.5, 0.6) is 0 Å². The Labute approximate surface area is 111 Å². The fourth-order valence-electron chi connectivity index (χ4n) is 3.24. The Bertz CT molecular complexity index is 345. The summed E-state index contributed by atoms with van der Waals surface area (Å²) >= 11 is 0. The molecule has 2 nitrogen and oxygen atoms in total. The van der Waals surface area contributed by atoms with Crippen LogP contribution in [0.1, 0.15) is 58.6 Å². The SMILES string of the molecule is CC(C)(C)CC1CCC(Cc2ccncn2)CC1. The minimum absolute atomic E-state index is 0.490. The Kier molecular flexibility index (Phi) is 4.36. The molecule has 18 heavy (non-hydrogen) atoms. The van der Waals surface area contributed by atoms with Crippen LogP contribution < -0.4 is 0 Å². The Morgan fingerprint density at radius 3 is 2.33 bits per heavy atom. The van der Waals surface area contributed by atoms with E-state index in [9.17, 15) is 0 Å². The van der Waals surface area contributed by atoms with Gasteiger partial charge in [0.2, 0.25) is 0 Å². The van der Waals surface area contributed by atoms with Crippen molar-refractivity contribution in [1.82, 2.24) is 9.97 Å². The summed E-state index contributed by atoms with van der Waals surface area (Å²) in [5.74, 6) is 1.79. The largest absolute Gasteiger partial charge is 0.245 e. The summed E-state index contributed by atoms with van der Waals surface area (Å²) in [7, 11) is 0. The van der Waals surface area contributed by atoms with Crippen LogP contribution in [-0.4, -0.2) is 9.97 Å². The van der Waals surface area contributed by atoms with Gasteiger partial charge in [-0.15, -0.1) is 0 Å². The predicted octanol–water partition coefficient (Wildman–Crippen LogP) is 4.26. The smallest absolute Gasteiger partial charge is 0.115 e. The molecule has 0 aromatic carbocycles. The molecule has 2 heteroatoms. The third kappa shape index (κ3) is 4.40. The molecule has 1 heterocycles. The summed E-state index contributed by atoms with van der Waals surface area (Å²) in [6.45, 7) is 7.08. The Hall–Kier alpha value is -0.920. The molecule has 1 aromatic heterocycles. The van der Waals surface area contributed by atoms with Crippen molar-refractivity contribution in [1.29, 1.82) is 0 Å². The second-order valence-electron chi connectivity index (χ2n) is 7.06. The molecule has 0 radical (unpaired) electrons. The van der Waals surface area contributed by atoms with Gasteiger partial charge in [-0.25, -0.2) is 9.97 Å². The summed E-state index contributed by atoms with van der Waals surface area (Å²) < 4.78 is 0. The first-order valence-electron chi connectivity index (χ1n) is 7.28. The first-order valence-corrected chi connectivity index (χ1v) is 7.28. The van der Waals surface area contributed by atoms with Gasteiger partial charge in [-0.1, -0.05) is 33.6 Å². The van der Waals surface area contributed by atoms with Crippen molar-refractivity contribution < 1.29 is 0 Å². The zero-order valence-corrected chi connectivity index (χ0v) is 12.0. The van der Waals surface area contributed by atoms with Crippen molar-refractivity contribution in [2.45, 2.75) is 59.3 Å². The third-order valence-electron chi connectivity index (χ3n) is 4.01. The molecule has 1 aromatic rings. The average molecular weight is 246 g/mol. The molecule has 0 atom stereocenters. The molecule has 0 unspecified atom stereocenters. The van der Waals surface area contributed by atoms with E-state index in [0.29, 0.717) is 5.41 Å². The molecule has 0 spiro atoms. The second-order valence-corrected chi connectivity index (χ2v) is 7.06. The molecule has 1 aliphatic carbocycles. The minimum Gasteiger partial charge on any atom is -0.245 e. The number of hydrogen-bond acceptors (Lipinski definition) is 2. The summed E-state index contributed by atoms with van der Waals surface area (Å²) in [4.78, 5) is 8.32. The van der Waals surface area contributed by atoms with Gasteiger partial charge in [0.1, 0.15) is 6.33 Å². The Morgan fingerprint density at radius 2 is 1.78 bits per heavy atom. The molecule has 1 aliphatic rings. The van der Waals surface area contributed by atoms with Crippen LogP contribution in [0.25, 0.3) is 0 Å². The van der Waals surface area contributed by atoms with E-state index in [-0.39, 0.29) is 0 Å². The van der Waals surface area contributed by atoms with Gasteiger partial charge in [0, 0.05) is 11.9 Å². The Balaban J connectivity index is 1.77. The molecule has 0 N–H and O–H groups in total. The molecule has 2 rings (SSSR count). The highest BCUT2D eigenvalue weighted by molar-refractivity contribution is 4.99. The van der Waals surface area contributed by atoms with Crippen molar-refractivity contribution in [2.75, 3.05) is 0 Å². The van der Waals surface area contributed by atoms with Gasteiger partial charge in [0.15, 0.2) is 0 Å². The molecule has 100 valence electrons. The summed E-state index contributed by atoms with van der Waals surface area (Å²) in [6, 6.07) is 2.06. The van der Waals surface area contributed by atoms with E-state index in [0.717, 1.165) is 18.3 Å². The van der Waals surface area contributed by atoms with Crippen LogP contribution >= 0.6 is 0 Å². The average Bonchev–Trinajstić information content (AvgIpc) is 2.31. The predicted molar refractivity (Wildman–Crippen MR) is 75.3 cm³/mol. The molecule has 0 amide bonds. The van der Waals surface area contributed by atoms with Crippen LogP contribution in [0.3, 0.4) is 0 Å². The van der Waals surface area contributed by atoms with Gasteiger partial charge in [-0.05, 0) is 49.0 Å². The van der Waals surface area contributed by atoms with Gasteiger partial charge >= 0.3 is 0 Å². The third-order valence-corrected chi connectivity index (χ3v) is 4.01. The highest BCUT2D eigenvalue weighted by Gasteiger charge is 2.25. The highest BCUT2D eigenvalue weighted by Crippen LogP contribution is 2.37. The van der Waals surface area contributed by atoms with Crippen LogP contribution in [0, 0.1) is 17.3 Å². The van der Waals surface area contributed by atoms with Crippen molar-refractivity contribution in [3.63, 3.8) is 0 Å². The molecule has 0 saturated heterocycles. The quantitative estimate of drug-likeness (QED) is 0.796. The van der Waals surface area contributed by atoms with Crippen LogP contribution in [0.4, 0.5) is 0 Å². The number of aromatic nitrogens is 2. The zero-order valence-electron chi connectivity index (χ0n) is 12.0. The van der Waals surface area contributed by atoms with E-state index in [4.69, 9.17) is 0 Å². The maximum Gasteiger partial charge on any atom is 0.115 e. The van der Waals surface area contributed by atoms with Crippen LogP contribution in [0.2, 0.25) is 0 Å². The molecule has 0 aliphatic heterocycles. The van der Waals surface area contributed by atoms with Gasteiger partial charge < -0.3 is 0 Å². The fourth-order valence-corrected chi connectivity index (χ4v) is 3.24. The number of hydrogen-bond donors (Lipinski definition) is 0. The van der Waals surface area contributed by atoms with E-state index in [1.54, 1.807) is 6.33 Å². The van der Waals surface area contributed by atoms with Gasteiger partial charge in [0.25, 0.3) is 0 Å². The standard InChI is InChI=1S/C16H26N2/c1-16(2,3)11-14-6-4-13(5-7-14)10-15-8-9-17-12-18-15/h8-9,12-14H,4-7,10-11H2,1-3H3. The zero-order chi connectivity index (χ0) is 13.0. The Morgan fingerprint density at radius 1 is 1.11 bits per heavy atom. The van der Waals surface area contributed by atoms with Crippen LogP contribution in [0.15, 0.2) is 18.6 Å². The van der Waals surface area contributed by atoms with E-state index in [1.807, 2.05) is 6.20 Å². The summed E-state index contributed by atoms with van der Waals surface area (Å²) in [5, 5.41) is 0. The number of rotatable bonds is 3. The second kappa shape index (κ2) is 5.81. The summed E-state index contributed by atoms with van der Waals surface area (Å²) in [6.07, 6.45) is 11.6. The van der Waals surface area contributed by atoms with E-state index < -0.39 is 0 Å². The fraction of sp³-hybridized carbons (Fsp3) is 0.750. The number of nitrogens with zero attached hydrogens (tertiary/aromatic N) is 2. The molecule has 0 bridgehead atoms. The lowest BCUT2D eigenvalue weighted by molar-refractivity contribution is 0.204. The van der Waals surface area contributed by atoms with Gasteiger partial charge in [-0.3, -0.25) is 0 Å². The molecule has 1 saturated carbocycles. The van der Waals surface area contributed by atoms with Crippen LogP contribution in [-0.2, 0) is 6.42 Å². The van der Waals surface area contributed by atoms with E-state index >= 15 is 0 Å². The highest BCUT2D eigenvalue weighted by atomic mass is 14.8. The lowest BCUT2D eigenvalue weighted by atomic mass is 9.74.